The highest BCUT2D eigenvalue weighted by Gasteiger charge is 2.29. The predicted octanol–water partition coefficient (Wildman–Crippen LogP) is -0.887. The molecule has 4 nitrogen and oxygen atoms in total. The molecule has 0 aliphatic rings. The fraction of sp³-hybridized carbons (Fsp3) is 1.00. The van der Waals surface area contributed by atoms with Gasteiger partial charge < -0.3 is 20.4 Å². The van der Waals surface area contributed by atoms with Crippen LogP contribution in [0.1, 0.15) is 0 Å². The van der Waals surface area contributed by atoms with Crippen LogP contribution < -0.4 is 0 Å². The van der Waals surface area contributed by atoms with Crippen LogP contribution in [0.3, 0.4) is 0 Å². The van der Waals surface area contributed by atoms with Crippen LogP contribution in [0, 0.1) is 0 Å². The summed E-state index contributed by atoms with van der Waals surface area (Å²) in [5.41, 5.74) is 0. The Morgan fingerprint density at radius 2 is 1.46 bits per heavy atom. The summed E-state index contributed by atoms with van der Waals surface area (Å²) in [5, 5.41) is 36.5. The van der Waals surface area contributed by atoms with Crippen LogP contribution >= 0.6 is 23.5 Å². The number of aliphatic hydroxyl groups is 4. The molecule has 0 aromatic carbocycles. The Bertz CT molecular complexity index is 132. The summed E-state index contributed by atoms with van der Waals surface area (Å²) >= 11 is 2.79. The molecule has 13 heavy (non-hydrogen) atoms. The average molecular weight is 228 g/mol. The molecule has 4 N–H and O–H groups in total. The molecule has 6 heteroatoms. The third kappa shape index (κ3) is 4.05. The topological polar surface area (TPSA) is 80.9 Å². The van der Waals surface area contributed by atoms with Crippen LogP contribution in [0.15, 0.2) is 0 Å². The van der Waals surface area contributed by atoms with Crippen LogP contribution in [0.25, 0.3) is 0 Å². The van der Waals surface area contributed by atoms with Gasteiger partial charge in [0.1, 0.15) is 18.3 Å². The normalized spacial score (nSPS) is 18.7. The lowest BCUT2D eigenvalue weighted by atomic mass is 10.1. The molecule has 80 valence electrons. The molecular weight excluding hydrogens is 212 g/mol. The van der Waals surface area contributed by atoms with Crippen molar-refractivity contribution in [1.29, 1.82) is 0 Å². The number of thioether (sulfide) groups is 2. The lowest BCUT2D eigenvalue weighted by Crippen LogP contribution is -2.43. The van der Waals surface area contributed by atoms with Crippen LogP contribution in [-0.4, -0.2) is 62.4 Å². The molecule has 0 spiro atoms. The van der Waals surface area contributed by atoms with Crippen molar-refractivity contribution in [3.8, 4) is 0 Å². The number of aliphatic hydroxyl groups excluding tert-OH is 4. The minimum Gasteiger partial charge on any atom is -0.394 e. The van der Waals surface area contributed by atoms with Crippen LogP contribution in [0.5, 0.6) is 0 Å². The van der Waals surface area contributed by atoms with Gasteiger partial charge in [-0.1, -0.05) is 0 Å². The minimum atomic E-state index is -1.30. The zero-order chi connectivity index (χ0) is 10.4. The van der Waals surface area contributed by atoms with Crippen molar-refractivity contribution in [2.45, 2.75) is 22.9 Å². The summed E-state index contributed by atoms with van der Waals surface area (Å²) in [6.07, 6.45) is 0.00376. The molecule has 0 bridgehead atoms. The molecule has 0 aliphatic carbocycles. The maximum atomic E-state index is 9.52. The second-order valence-corrected chi connectivity index (χ2v) is 4.83. The van der Waals surface area contributed by atoms with Crippen molar-refractivity contribution in [3.05, 3.63) is 0 Å². The predicted molar refractivity (Wildman–Crippen MR) is 55.9 cm³/mol. The van der Waals surface area contributed by atoms with Gasteiger partial charge in [-0.25, -0.2) is 0 Å². The molecule has 0 aromatic rings. The first-order valence-electron chi connectivity index (χ1n) is 3.79. The van der Waals surface area contributed by atoms with Gasteiger partial charge in [0, 0.05) is 0 Å². The highest BCUT2D eigenvalue weighted by molar-refractivity contribution is 8.16. The molecule has 0 aliphatic heterocycles. The summed E-state index contributed by atoms with van der Waals surface area (Å²) in [4.78, 5) is 0. The maximum absolute atomic E-state index is 9.52. The highest BCUT2D eigenvalue weighted by atomic mass is 32.2. The summed E-state index contributed by atoms with van der Waals surface area (Å²) in [7, 11) is 0. The quantitative estimate of drug-likeness (QED) is 0.442. The van der Waals surface area contributed by atoms with E-state index in [1.165, 1.54) is 23.5 Å². The summed E-state index contributed by atoms with van der Waals surface area (Å²) < 4.78 is -0.198. The Morgan fingerprint density at radius 3 is 1.77 bits per heavy atom. The molecule has 0 unspecified atom stereocenters. The summed E-state index contributed by atoms with van der Waals surface area (Å²) in [6.45, 7) is -0.548. The van der Waals surface area contributed by atoms with Crippen LogP contribution in [-0.2, 0) is 0 Å². The van der Waals surface area contributed by atoms with Gasteiger partial charge in [0.15, 0.2) is 0 Å². The first-order valence-corrected chi connectivity index (χ1v) is 6.36. The van der Waals surface area contributed by atoms with Crippen LogP contribution in [0.4, 0.5) is 0 Å². The third-order valence-electron chi connectivity index (χ3n) is 1.67. The maximum Gasteiger partial charge on any atom is 0.110 e. The third-order valence-corrected chi connectivity index (χ3v) is 4.32. The highest BCUT2D eigenvalue weighted by Crippen LogP contribution is 2.24. The number of rotatable bonds is 6. The smallest absolute Gasteiger partial charge is 0.110 e. The summed E-state index contributed by atoms with van der Waals surface area (Å²) in [6, 6.07) is 0. The van der Waals surface area contributed by atoms with Gasteiger partial charge in [-0.3, -0.25) is 0 Å². The fourth-order valence-electron chi connectivity index (χ4n) is 0.872. The van der Waals surface area contributed by atoms with E-state index in [-0.39, 0.29) is 4.58 Å². The Balaban J connectivity index is 4.13. The average Bonchev–Trinajstić information content (AvgIpc) is 2.17. The minimum absolute atomic E-state index is 0.198. The number of hydrogen-bond acceptors (Lipinski definition) is 6. The Kier molecular flexibility index (Phi) is 7.20. The Morgan fingerprint density at radius 1 is 1.00 bits per heavy atom. The summed E-state index contributed by atoms with van der Waals surface area (Å²) in [5.74, 6) is 0. The van der Waals surface area contributed by atoms with Gasteiger partial charge in [0.05, 0.1) is 11.2 Å². The van der Waals surface area contributed by atoms with E-state index in [1.807, 2.05) is 12.5 Å². The molecule has 0 amide bonds. The van der Waals surface area contributed by atoms with Gasteiger partial charge in [-0.15, -0.1) is 23.5 Å². The van der Waals surface area contributed by atoms with Crippen molar-refractivity contribution < 1.29 is 20.4 Å². The van der Waals surface area contributed by atoms with E-state index < -0.39 is 24.9 Å². The zero-order valence-corrected chi connectivity index (χ0v) is 9.25. The van der Waals surface area contributed by atoms with Crippen molar-refractivity contribution in [3.63, 3.8) is 0 Å². The van der Waals surface area contributed by atoms with E-state index in [9.17, 15) is 10.2 Å². The van der Waals surface area contributed by atoms with Gasteiger partial charge in [0.25, 0.3) is 0 Å². The first-order chi connectivity index (χ1) is 6.08. The molecule has 0 rings (SSSR count). The second kappa shape index (κ2) is 6.92. The largest absolute Gasteiger partial charge is 0.394 e. The van der Waals surface area contributed by atoms with E-state index in [4.69, 9.17) is 10.2 Å². The van der Waals surface area contributed by atoms with Gasteiger partial charge in [-0.05, 0) is 12.5 Å². The molecule has 0 saturated carbocycles. The van der Waals surface area contributed by atoms with E-state index >= 15 is 0 Å². The van der Waals surface area contributed by atoms with E-state index in [1.54, 1.807) is 0 Å². The van der Waals surface area contributed by atoms with Crippen molar-refractivity contribution >= 4 is 23.5 Å². The molecule has 0 saturated heterocycles. The van der Waals surface area contributed by atoms with Crippen molar-refractivity contribution in [1.82, 2.24) is 0 Å². The lowest BCUT2D eigenvalue weighted by Gasteiger charge is -2.26. The Hall–Kier alpha value is 0.540. The van der Waals surface area contributed by atoms with E-state index in [0.29, 0.717) is 0 Å². The monoisotopic (exact) mass is 228 g/mol. The molecule has 0 heterocycles. The van der Waals surface area contributed by atoms with Crippen molar-refractivity contribution in [2.75, 3.05) is 19.1 Å². The fourth-order valence-corrected chi connectivity index (χ4v) is 2.52. The van der Waals surface area contributed by atoms with E-state index in [2.05, 4.69) is 0 Å². The van der Waals surface area contributed by atoms with Gasteiger partial charge >= 0.3 is 0 Å². The molecule has 0 aromatic heterocycles. The molecular formula is C7H16O4S2. The van der Waals surface area contributed by atoms with Gasteiger partial charge in [0.2, 0.25) is 0 Å². The molecule has 0 radical (unpaired) electrons. The lowest BCUT2D eigenvalue weighted by molar-refractivity contribution is -0.0705. The van der Waals surface area contributed by atoms with Crippen molar-refractivity contribution in [2.24, 2.45) is 0 Å². The Labute approximate surface area is 86.4 Å². The first kappa shape index (κ1) is 13.5. The zero-order valence-electron chi connectivity index (χ0n) is 7.62. The SMILES string of the molecule is CSC(SC)[C@H](O)[C@@H](O)[C@H](O)CO. The van der Waals surface area contributed by atoms with Crippen LogP contribution in [0.2, 0.25) is 0 Å². The number of hydrogen-bond donors (Lipinski definition) is 4. The standard InChI is InChI=1S/C7H16O4S2/c1-12-7(13-2)6(11)5(10)4(9)3-8/h4-11H,3H2,1-2H3/t4-,5+,6-/m1/s1. The van der Waals surface area contributed by atoms with E-state index in [0.717, 1.165) is 0 Å². The van der Waals surface area contributed by atoms with Gasteiger partial charge in [-0.2, -0.15) is 0 Å². The molecule has 3 atom stereocenters. The molecule has 0 fully saturated rings. The second-order valence-electron chi connectivity index (χ2n) is 2.57.